The quantitative estimate of drug-likeness (QED) is 0.854. The van der Waals surface area contributed by atoms with Crippen LogP contribution in [-0.4, -0.2) is 22.0 Å². The predicted octanol–water partition coefficient (Wildman–Crippen LogP) is 2.96. The van der Waals surface area contributed by atoms with Crippen molar-refractivity contribution in [3.8, 4) is 0 Å². The fourth-order valence-corrected chi connectivity index (χ4v) is 1.71. The Kier molecular flexibility index (Phi) is 4.13. The molecule has 0 aliphatic carbocycles. The molecule has 108 valence electrons. The Balaban J connectivity index is 2.33. The minimum atomic E-state index is -1.28. The number of nitrogens with one attached hydrogen (secondary N) is 1. The smallest absolute Gasteiger partial charge is 0.335 e. The van der Waals surface area contributed by atoms with Gasteiger partial charge in [0.1, 0.15) is 16.8 Å². The van der Waals surface area contributed by atoms with Crippen molar-refractivity contribution in [2.75, 3.05) is 5.32 Å². The molecule has 0 aliphatic rings. The average Bonchev–Trinajstić information content (AvgIpc) is 2.43. The molecule has 1 aromatic heterocycles. The second-order valence-electron chi connectivity index (χ2n) is 3.95. The number of rotatable bonds is 3. The SMILES string of the molecule is O=C(O)c1ccc(F)c(NC(=O)c2cc(F)cnc2Cl)c1. The summed E-state index contributed by atoms with van der Waals surface area (Å²) in [4.78, 5) is 26.2. The summed E-state index contributed by atoms with van der Waals surface area (Å²) in [6, 6.07) is 3.72. The maximum Gasteiger partial charge on any atom is 0.335 e. The first kappa shape index (κ1) is 14.9. The number of amides is 1. The first-order chi connectivity index (χ1) is 9.88. The number of carbonyl (C=O) groups excluding carboxylic acids is 1. The minimum absolute atomic E-state index is 0.213. The van der Waals surface area contributed by atoms with E-state index in [0.717, 1.165) is 30.5 Å². The highest BCUT2D eigenvalue weighted by Gasteiger charge is 2.16. The molecule has 0 radical (unpaired) electrons. The average molecular weight is 313 g/mol. The number of aromatic nitrogens is 1. The summed E-state index contributed by atoms with van der Waals surface area (Å²) >= 11 is 5.65. The van der Waals surface area contributed by atoms with Crippen molar-refractivity contribution in [3.63, 3.8) is 0 Å². The molecule has 0 unspecified atom stereocenters. The summed E-state index contributed by atoms with van der Waals surface area (Å²) in [5, 5.41) is 10.7. The Labute approximate surface area is 122 Å². The van der Waals surface area contributed by atoms with Gasteiger partial charge in [0.05, 0.1) is 23.0 Å². The fraction of sp³-hybridized carbons (Fsp3) is 0. The molecule has 0 saturated carbocycles. The Bertz CT molecular complexity index is 737. The number of carbonyl (C=O) groups is 2. The highest BCUT2D eigenvalue weighted by molar-refractivity contribution is 6.33. The van der Waals surface area contributed by atoms with Crippen LogP contribution in [0.3, 0.4) is 0 Å². The Hall–Kier alpha value is -2.54. The number of hydrogen-bond acceptors (Lipinski definition) is 3. The van der Waals surface area contributed by atoms with E-state index in [-0.39, 0.29) is 22.0 Å². The third kappa shape index (κ3) is 3.32. The molecular formula is C13H7ClF2N2O3. The van der Waals surface area contributed by atoms with Gasteiger partial charge in [0.15, 0.2) is 0 Å². The molecule has 0 atom stereocenters. The minimum Gasteiger partial charge on any atom is -0.478 e. The molecule has 0 saturated heterocycles. The lowest BCUT2D eigenvalue weighted by atomic mass is 10.2. The zero-order valence-corrected chi connectivity index (χ0v) is 11.0. The zero-order valence-electron chi connectivity index (χ0n) is 10.2. The lowest BCUT2D eigenvalue weighted by molar-refractivity contribution is 0.0696. The van der Waals surface area contributed by atoms with Crippen LogP contribution in [0.25, 0.3) is 0 Å². The van der Waals surface area contributed by atoms with Crippen LogP contribution in [0.1, 0.15) is 20.7 Å². The lowest BCUT2D eigenvalue weighted by Gasteiger charge is -2.08. The Morgan fingerprint density at radius 3 is 2.62 bits per heavy atom. The third-order valence-corrected chi connectivity index (χ3v) is 2.81. The maximum absolute atomic E-state index is 13.6. The monoisotopic (exact) mass is 312 g/mol. The number of anilines is 1. The van der Waals surface area contributed by atoms with Gasteiger partial charge in [-0.1, -0.05) is 11.6 Å². The molecule has 0 spiro atoms. The van der Waals surface area contributed by atoms with Crippen LogP contribution in [0.15, 0.2) is 30.5 Å². The number of carboxylic acids is 1. The van der Waals surface area contributed by atoms with Crippen molar-refractivity contribution in [1.82, 2.24) is 4.98 Å². The van der Waals surface area contributed by atoms with Gasteiger partial charge in [-0.2, -0.15) is 0 Å². The van der Waals surface area contributed by atoms with E-state index >= 15 is 0 Å². The Morgan fingerprint density at radius 1 is 1.24 bits per heavy atom. The van der Waals surface area contributed by atoms with Crippen LogP contribution in [0.2, 0.25) is 5.15 Å². The lowest BCUT2D eigenvalue weighted by Crippen LogP contribution is -2.15. The van der Waals surface area contributed by atoms with Gasteiger partial charge in [-0.25, -0.2) is 18.6 Å². The van der Waals surface area contributed by atoms with Crippen molar-refractivity contribution in [2.45, 2.75) is 0 Å². The highest BCUT2D eigenvalue weighted by atomic mass is 35.5. The summed E-state index contributed by atoms with van der Waals surface area (Å²) < 4.78 is 26.6. The molecule has 1 amide bonds. The summed E-state index contributed by atoms with van der Waals surface area (Å²) in [5.74, 6) is -3.82. The van der Waals surface area contributed by atoms with Gasteiger partial charge in [-0.3, -0.25) is 4.79 Å². The molecule has 2 rings (SSSR count). The number of halogens is 3. The van der Waals surface area contributed by atoms with Crippen LogP contribution in [0.4, 0.5) is 14.5 Å². The van der Waals surface area contributed by atoms with Gasteiger partial charge in [-0.05, 0) is 24.3 Å². The van der Waals surface area contributed by atoms with Crippen LogP contribution in [-0.2, 0) is 0 Å². The molecule has 0 fully saturated rings. The molecule has 1 aromatic carbocycles. The molecule has 0 bridgehead atoms. The van der Waals surface area contributed by atoms with Crippen LogP contribution < -0.4 is 5.32 Å². The van der Waals surface area contributed by atoms with E-state index in [2.05, 4.69) is 10.3 Å². The second-order valence-corrected chi connectivity index (χ2v) is 4.30. The third-order valence-electron chi connectivity index (χ3n) is 2.51. The number of benzene rings is 1. The molecule has 21 heavy (non-hydrogen) atoms. The molecule has 2 N–H and O–H groups in total. The summed E-state index contributed by atoms with van der Waals surface area (Å²) in [5.41, 5.74) is -0.868. The molecule has 5 nitrogen and oxygen atoms in total. The first-order valence-electron chi connectivity index (χ1n) is 5.53. The first-order valence-corrected chi connectivity index (χ1v) is 5.91. The van der Waals surface area contributed by atoms with E-state index in [9.17, 15) is 18.4 Å². The van der Waals surface area contributed by atoms with E-state index in [1.165, 1.54) is 0 Å². The van der Waals surface area contributed by atoms with Gasteiger partial charge in [0, 0.05) is 0 Å². The summed E-state index contributed by atoms with van der Waals surface area (Å²) in [6.45, 7) is 0. The van der Waals surface area contributed by atoms with E-state index in [4.69, 9.17) is 16.7 Å². The van der Waals surface area contributed by atoms with Crippen molar-refractivity contribution in [1.29, 1.82) is 0 Å². The Morgan fingerprint density at radius 2 is 1.95 bits per heavy atom. The van der Waals surface area contributed by atoms with Crippen molar-refractivity contribution in [2.24, 2.45) is 0 Å². The van der Waals surface area contributed by atoms with E-state index in [0.29, 0.717) is 0 Å². The fourth-order valence-electron chi connectivity index (χ4n) is 1.53. The number of aromatic carboxylic acids is 1. The summed E-state index contributed by atoms with van der Waals surface area (Å²) in [7, 11) is 0. The van der Waals surface area contributed by atoms with Crippen molar-refractivity contribution < 1.29 is 23.5 Å². The van der Waals surface area contributed by atoms with E-state index < -0.39 is 23.5 Å². The van der Waals surface area contributed by atoms with Gasteiger partial charge >= 0.3 is 5.97 Å². The summed E-state index contributed by atoms with van der Waals surface area (Å²) in [6.07, 6.45) is 0.824. The highest BCUT2D eigenvalue weighted by Crippen LogP contribution is 2.20. The topological polar surface area (TPSA) is 79.3 Å². The maximum atomic E-state index is 13.6. The number of carboxylic acid groups (broad SMARTS) is 1. The molecule has 8 heteroatoms. The zero-order chi connectivity index (χ0) is 15.6. The van der Waals surface area contributed by atoms with Gasteiger partial charge in [0.25, 0.3) is 5.91 Å². The van der Waals surface area contributed by atoms with Gasteiger partial charge < -0.3 is 10.4 Å². The van der Waals surface area contributed by atoms with Crippen LogP contribution in [0, 0.1) is 11.6 Å². The largest absolute Gasteiger partial charge is 0.478 e. The molecule has 0 aliphatic heterocycles. The van der Waals surface area contributed by atoms with Gasteiger partial charge in [-0.15, -0.1) is 0 Å². The van der Waals surface area contributed by atoms with Gasteiger partial charge in [0.2, 0.25) is 0 Å². The standard InChI is InChI=1S/C13H7ClF2N2O3/c14-11-8(4-7(15)5-17-11)12(19)18-10-3-6(13(20)21)1-2-9(10)16/h1-5H,(H,18,19)(H,20,21). The van der Waals surface area contributed by atoms with Crippen molar-refractivity contribution in [3.05, 3.63) is 58.4 Å². The predicted molar refractivity (Wildman–Crippen MR) is 70.5 cm³/mol. The van der Waals surface area contributed by atoms with Crippen LogP contribution in [0.5, 0.6) is 0 Å². The molecule has 2 aromatic rings. The molecule has 1 heterocycles. The van der Waals surface area contributed by atoms with E-state index in [1.54, 1.807) is 0 Å². The molecular weight excluding hydrogens is 306 g/mol. The van der Waals surface area contributed by atoms with E-state index in [1.807, 2.05) is 0 Å². The number of pyridine rings is 1. The van der Waals surface area contributed by atoms with Crippen molar-refractivity contribution >= 4 is 29.2 Å². The van der Waals surface area contributed by atoms with Crippen LogP contribution >= 0.6 is 11.6 Å². The number of nitrogens with zero attached hydrogens (tertiary/aromatic N) is 1. The second kappa shape index (κ2) is 5.84. The normalized spacial score (nSPS) is 10.2. The number of hydrogen-bond donors (Lipinski definition) is 2.